The smallest absolute Gasteiger partial charge is 0.384 e. The van der Waals surface area contributed by atoms with Gasteiger partial charge in [0.25, 0.3) is 0 Å². The lowest BCUT2D eigenvalue weighted by Gasteiger charge is -2.03. The number of rotatable bonds is 6. The van der Waals surface area contributed by atoms with E-state index in [1.807, 2.05) is 4.72 Å². The van der Waals surface area contributed by atoms with Crippen molar-refractivity contribution >= 4 is 38.3 Å². The predicted octanol–water partition coefficient (Wildman–Crippen LogP) is 1.54. The molecule has 0 fully saturated rings. The lowest BCUT2D eigenvalue weighted by molar-refractivity contribution is -0.0328. The minimum absolute atomic E-state index is 0.0295. The van der Waals surface area contributed by atoms with Crippen molar-refractivity contribution < 1.29 is 26.3 Å². The second-order valence-corrected chi connectivity index (χ2v) is 6.97. The molecule has 18 heavy (non-hydrogen) atoms. The summed E-state index contributed by atoms with van der Waals surface area (Å²) in [4.78, 5) is 0. The summed E-state index contributed by atoms with van der Waals surface area (Å²) in [6.07, 6.45) is 0. The van der Waals surface area contributed by atoms with Crippen LogP contribution in [-0.4, -0.2) is 43.6 Å². The van der Waals surface area contributed by atoms with Crippen LogP contribution in [0.3, 0.4) is 0 Å². The fourth-order valence-corrected chi connectivity index (χ4v) is 3.41. The molecule has 0 radical (unpaired) electrons. The van der Waals surface area contributed by atoms with Gasteiger partial charge in [0.05, 0.1) is 12.4 Å². The van der Waals surface area contributed by atoms with Gasteiger partial charge in [-0.3, -0.25) is 4.72 Å². The number of sulfonamides is 1. The molecule has 0 amide bonds. The molecule has 0 unspecified atom stereocenters. The number of nitrogens with zero attached hydrogens (tertiary/aromatic N) is 2. The Balaban J connectivity index is 2.64. The van der Waals surface area contributed by atoms with Gasteiger partial charge < -0.3 is 4.74 Å². The van der Waals surface area contributed by atoms with Crippen molar-refractivity contribution in [2.75, 3.05) is 24.2 Å². The van der Waals surface area contributed by atoms with Gasteiger partial charge in [-0.15, -0.1) is 10.2 Å². The fourth-order valence-electron chi connectivity index (χ4n) is 0.768. The number of methoxy groups -OCH3 is 1. The van der Waals surface area contributed by atoms with Gasteiger partial charge >= 0.3 is 5.51 Å². The summed E-state index contributed by atoms with van der Waals surface area (Å²) in [6, 6.07) is 0. The van der Waals surface area contributed by atoms with Crippen molar-refractivity contribution in [1.29, 1.82) is 0 Å². The maximum absolute atomic E-state index is 12.0. The van der Waals surface area contributed by atoms with Gasteiger partial charge in [-0.1, -0.05) is 11.3 Å². The fraction of sp³-hybridized carbons (Fsp3) is 0.667. The molecule has 0 aliphatic heterocycles. The van der Waals surface area contributed by atoms with Crippen molar-refractivity contribution in [2.45, 2.75) is 9.85 Å². The summed E-state index contributed by atoms with van der Waals surface area (Å²) in [5, 5.41) is 6.32. The highest BCUT2D eigenvalue weighted by molar-refractivity contribution is 8.01. The summed E-state index contributed by atoms with van der Waals surface area (Å²) >= 11 is 0.0606. The third-order valence-corrected chi connectivity index (χ3v) is 4.37. The van der Waals surface area contributed by atoms with Crippen LogP contribution in [0.5, 0.6) is 0 Å². The van der Waals surface area contributed by atoms with Crippen molar-refractivity contribution in [3.8, 4) is 0 Å². The Morgan fingerprint density at radius 3 is 2.67 bits per heavy atom. The average molecular weight is 323 g/mol. The molecule has 6 nitrogen and oxygen atoms in total. The van der Waals surface area contributed by atoms with E-state index in [9.17, 15) is 21.6 Å². The van der Waals surface area contributed by atoms with Crippen LogP contribution in [0.1, 0.15) is 0 Å². The monoisotopic (exact) mass is 323 g/mol. The zero-order valence-electron chi connectivity index (χ0n) is 8.89. The highest BCUT2D eigenvalue weighted by Gasteiger charge is 2.31. The summed E-state index contributed by atoms with van der Waals surface area (Å²) in [6.45, 7) is -0.0295. The Morgan fingerprint density at radius 1 is 1.44 bits per heavy atom. The summed E-state index contributed by atoms with van der Waals surface area (Å²) in [5.41, 5.74) is -4.48. The largest absolute Gasteiger partial charge is 0.448 e. The molecule has 0 spiro atoms. The molecule has 12 heteroatoms. The van der Waals surface area contributed by atoms with Crippen LogP contribution in [0.4, 0.5) is 18.3 Å². The number of thioether (sulfide) groups is 1. The van der Waals surface area contributed by atoms with Gasteiger partial charge in [-0.25, -0.2) is 8.42 Å². The topological polar surface area (TPSA) is 81.2 Å². The first-order valence-corrected chi connectivity index (χ1v) is 7.59. The third kappa shape index (κ3) is 5.84. The third-order valence-electron chi connectivity index (χ3n) is 1.41. The molecule has 1 aromatic rings. The molecule has 1 aromatic heterocycles. The molecule has 1 N–H and O–H groups in total. The van der Waals surface area contributed by atoms with E-state index in [1.54, 1.807) is 0 Å². The van der Waals surface area contributed by atoms with Gasteiger partial charge in [0.1, 0.15) is 0 Å². The highest BCUT2D eigenvalue weighted by Crippen LogP contribution is 2.39. The lowest BCUT2D eigenvalue weighted by Crippen LogP contribution is -2.19. The summed E-state index contributed by atoms with van der Waals surface area (Å²) in [5.74, 6) is -0.315. The number of hydrogen-bond donors (Lipinski definition) is 1. The molecular weight excluding hydrogens is 315 g/mol. The van der Waals surface area contributed by atoms with Gasteiger partial charge in [0, 0.05) is 18.9 Å². The first kappa shape index (κ1) is 15.5. The van der Waals surface area contributed by atoms with E-state index in [4.69, 9.17) is 0 Å². The van der Waals surface area contributed by atoms with E-state index in [1.165, 1.54) is 7.11 Å². The standard InChI is InChI=1S/C6H8F3N3O3S3/c1-15-2-3-18(13,14)12-4-10-11-5(16-4)17-6(7,8)9/h2-3H2,1H3,(H,10,12). The SMILES string of the molecule is COCCS(=O)(=O)Nc1nnc(SC(F)(F)F)s1. The minimum Gasteiger partial charge on any atom is -0.384 e. The second-order valence-electron chi connectivity index (χ2n) is 2.83. The first-order chi connectivity index (χ1) is 8.22. The molecule has 0 bridgehead atoms. The maximum atomic E-state index is 12.0. The predicted molar refractivity (Wildman–Crippen MR) is 61.1 cm³/mol. The Hall–Kier alpha value is -0.590. The van der Waals surface area contributed by atoms with E-state index < -0.39 is 27.3 Å². The maximum Gasteiger partial charge on any atom is 0.448 e. The lowest BCUT2D eigenvalue weighted by atomic mass is 10.9. The molecule has 0 saturated heterocycles. The molecule has 1 rings (SSSR count). The first-order valence-electron chi connectivity index (χ1n) is 4.30. The molecule has 0 saturated carbocycles. The second kappa shape index (κ2) is 6.04. The van der Waals surface area contributed by atoms with Crippen molar-refractivity contribution in [1.82, 2.24) is 10.2 Å². The minimum atomic E-state index is -4.48. The molecule has 0 atom stereocenters. The molecule has 0 aromatic carbocycles. The zero-order valence-corrected chi connectivity index (χ0v) is 11.3. The van der Waals surface area contributed by atoms with Gasteiger partial charge in [-0.05, 0) is 0 Å². The van der Waals surface area contributed by atoms with Crippen LogP contribution in [0.15, 0.2) is 4.34 Å². The van der Waals surface area contributed by atoms with Crippen LogP contribution in [-0.2, 0) is 14.8 Å². The highest BCUT2D eigenvalue weighted by atomic mass is 32.2. The van der Waals surface area contributed by atoms with Crippen LogP contribution < -0.4 is 4.72 Å². The number of anilines is 1. The molecule has 0 aliphatic rings. The van der Waals surface area contributed by atoms with E-state index in [2.05, 4.69) is 14.9 Å². The summed E-state index contributed by atoms with van der Waals surface area (Å²) < 4.78 is 65.0. The number of hydrogen-bond acceptors (Lipinski definition) is 7. The molecular formula is C6H8F3N3O3S3. The number of aromatic nitrogens is 2. The average Bonchev–Trinajstić information content (AvgIpc) is 2.59. The van der Waals surface area contributed by atoms with Gasteiger partial charge in [0.2, 0.25) is 15.2 Å². The number of alkyl halides is 3. The van der Waals surface area contributed by atoms with Gasteiger partial charge in [-0.2, -0.15) is 13.2 Å². The normalized spacial score (nSPS) is 12.7. The number of halogens is 3. The number of nitrogens with one attached hydrogen (secondary N) is 1. The Labute approximate surface area is 109 Å². The van der Waals surface area contributed by atoms with E-state index in [0.717, 1.165) is 0 Å². The van der Waals surface area contributed by atoms with Gasteiger partial charge in [0.15, 0.2) is 4.34 Å². The van der Waals surface area contributed by atoms with Crippen LogP contribution in [0.2, 0.25) is 0 Å². The molecule has 104 valence electrons. The van der Waals surface area contributed by atoms with Crippen LogP contribution >= 0.6 is 23.1 Å². The van der Waals surface area contributed by atoms with E-state index in [0.29, 0.717) is 11.3 Å². The van der Waals surface area contributed by atoms with E-state index in [-0.39, 0.29) is 21.8 Å². The molecule has 1 heterocycles. The van der Waals surface area contributed by atoms with Crippen LogP contribution in [0.25, 0.3) is 0 Å². The van der Waals surface area contributed by atoms with Crippen molar-refractivity contribution in [3.63, 3.8) is 0 Å². The molecule has 0 aliphatic carbocycles. The number of ether oxygens (including phenoxy) is 1. The quantitative estimate of drug-likeness (QED) is 0.800. The summed E-state index contributed by atoms with van der Waals surface area (Å²) in [7, 11) is -2.35. The van der Waals surface area contributed by atoms with Crippen LogP contribution in [0, 0.1) is 0 Å². The van der Waals surface area contributed by atoms with E-state index >= 15 is 0 Å². The Morgan fingerprint density at radius 2 is 2.11 bits per heavy atom. The zero-order chi connectivity index (χ0) is 13.8. The Bertz CT molecular complexity index is 487. The van der Waals surface area contributed by atoms with Crippen molar-refractivity contribution in [3.05, 3.63) is 0 Å². The van der Waals surface area contributed by atoms with Crippen molar-refractivity contribution in [2.24, 2.45) is 0 Å². The Kier molecular flexibility index (Phi) is 5.19.